The Hall–Kier alpha value is -6.48. The molecule has 8 nitrogen and oxygen atoms in total. The number of unbranched alkanes of at least 4 members (excludes halogenated alkanes) is 4. The maximum absolute atomic E-state index is 6.84. The molecular formula is C64H80O8. The molecule has 1 aliphatic carbocycles. The highest BCUT2D eigenvalue weighted by Gasteiger charge is 2.34. The lowest BCUT2D eigenvalue weighted by Crippen LogP contribution is -2.16. The number of hydrogen-bond acceptors (Lipinski definition) is 8. The van der Waals surface area contributed by atoms with Gasteiger partial charge in [-0.05, 0) is 75.6 Å². The third-order valence-corrected chi connectivity index (χ3v) is 13.7. The third-order valence-electron chi connectivity index (χ3n) is 13.7. The molecule has 5 rings (SSSR count). The number of benzene rings is 4. The molecule has 0 N–H and O–H groups in total. The van der Waals surface area contributed by atoms with Crippen molar-refractivity contribution in [2.45, 2.75) is 154 Å². The van der Waals surface area contributed by atoms with Crippen molar-refractivity contribution in [2.75, 3.05) is 54.9 Å². The van der Waals surface area contributed by atoms with Crippen LogP contribution in [-0.2, 0) is 0 Å². The van der Waals surface area contributed by atoms with E-state index in [1.807, 2.05) is 0 Å². The lowest BCUT2D eigenvalue weighted by Gasteiger charge is -2.32. The fraction of sp³-hybridized carbons (Fsp3) is 0.500. The van der Waals surface area contributed by atoms with Crippen LogP contribution in [0.2, 0.25) is 0 Å². The number of rotatable bonds is 28. The van der Waals surface area contributed by atoms with Gasteiger partial charge in [0.15, 0.2) is 0 Å². The number of terminal acetylenes is 4. The second kappa shape index (κ2) is 29.8. The number of fused-ring (bicyclic) bond motifs is 8. The van der Waals surface area contributed by atoms with Gasteiger partial charge in [0.25, 0.3) is 0 Å². The van der Waals surface area contributed by atoms with Crippen LogP contribution < -0.4 is 37.9 Å². The minimum absolute atomic E-state index is 0.151. The molecule has 0 radical (unpaired) electrons. The zero-order valence-corrected chi connectivity index (χ0v) is 44.6. The van der Waals surface area contributed by atoms with E-state index in [9.17, 15) is 0 Å². The first-order valence-corrected chi connectivity index (χ1v) is 26.4. The van der Waals surface area contributed by atoms with E-state index >= 15 is 0 Å². The second-order valence-electron chi connectivity index (χ2n) is 18.5. The Balaban J connectivity index is 2.06. The van der Waals surface area contributed by atoms with Crippen molar-refractivity contribution in [3.8, 4) is 95.4 Å². The molecule has 0 fully saturated rings. The molecule has 0 saturated heterocycles. The summed E-state index contributed by atoms with van der Waals surface area (Å²) in [4.78, 5) is 0. The van der Waals surface area contributed by atoms with Gasteiger partial charge >= 0.3 is 0 Å². The summed E-state index contributed by atoms with van der Waals surface area (Å²) in [6.07, 6.45) is 35.0. The first-order valence-electron chi connectivity index (χ1n) is 26.4. The van der Waals surface area contributed by atoms with Crippen molar-refractivity contribution in [3.05, 3.63) is 93.0 Å². The highest BCUT2D eigenvalue weighted by atomic mass is 16.5. The van der Waals surface area contributed by atoms with Gasteiger partial charge in [-0.3, -0.25) is 0 Å². The molecule has 0 aliphatic heterocycles. The van der Waals surface area contributed by atoms with Crippen LogP contribution in [-0.4, -0.2) is 54.9 Å². The smallest absolute Gasteiger partial charge is 0.126 e. The third kappa shape index (κ3) is 13.9. The molecular weight excluding hydrogens is 897 g/mol. The van der Waals surface area contributed by atoms with Gasteiger partial charge in [-0.1, -0.05) is 53.4 Å². The van der Waals surface area contributed by atoms with Gasteiger partial charge in [0.2, 0.25) is 0 Å². The summed E-state index contributed by atoms with van der Waals surface area (Å²) in [5.41, 5.74) is 8.32. The summed E-state index contributed by atoms with van der Waals surface area (Å²) in [6.45, 7) is 10.7. The standard InChI is InChI=1S/C64H80O8/c1-13-21-25-33-69-61-41-57(65-9)49-37-53(61)46(30-18-6)51-39-55(63(43-59(51)67-11)71-35-27-23-15-3)48(32-20-8)56-40-52(60(68-12)44-64(56)72-36-28-24-16-4)47(31-19-7)54-38-50(45(49)29-17-5)58(66-10)42-62(54)70-34-26-22-14-2/h1-4,37-48H,17-36H2,5-12H3/t45?,46-,47-,48?/m0/s1. The van der Waals surface area contributed by atoms with Crippen LogP contribution >= 0.6 is 0 Å². The molecule has 0 saturated carbocycles. The van der Waals surface area contributed by atoms with Crippen LogP contribution in [0.3, 0.4) is 0 Å². The summed E-state index contributed by atoms with van der Waals surface area (Å²) < 4.78 is 53.0. The summed E-state index contributed by atoms with van der Waals surface area (Å²) in [5.74, 6) is 16.4. The lowest BCUT2D eigenvalue weighted by molar-refractivity contribution is 0.299. The molecule has 0 amide bonds. The number of ether oxygens (including phenoxy) is 8. The molecule has 1 aliphatic rings. The maximum atomic E-state index is 6.84. The maximum Gasteiger partial charge on any atom is 0.126 e. The zero-order valence-electron chi connectivity index (χ0n) is 44.6. The summed E-state index contributed by atoms with van der Waals surface area (Å²) in [7, 11) is 6.96. The zero-order chi connectivity index (χ0) is 51.8. The monoisotopic (exact) mass is 977 g/mol. The van der Waals surface area contributed by atoms with Crippen LogP contribution in [0.4, 0.5) is 0 Å². The van der Waals surface area contributed by atoms with Crippen molar-refractivity contribution >= 4 is 0 Å². The predicted octanol–water partition coefficient (Wildman–Crippen LogP) is 14.9. The SMILES string of the molecule is C#CCCCOc1cc(OC)c2cc1C(CCC)c1cc(c(OC)cc1OCCCC#C)[C@H](CCC)c1cc(c(OC)cc1OCCCC#C)C(CCC)c1cc(c(OCCCC#C)cc1OC)[C@H]2CCC. The van der Waals surface area contributed by atoms with E-state index in [1.165, 1.54) is 0 Å². The van der Waals surface area contributed by atoms with E-state index in [0.717, 1.165) is 142 Å². The highest BCUT2D eigenvalue weighted by Crippen LogP contribution is 2.53. The average molecular weight is 977 g/mol. The van der Waals surface area contributed by atoms with Gasteiger partial charge < -0.3 is 37.9 Å². The van der Waals surface area contributed by atoms with Crippen LogP contribution in [0.5, 0.6) is 46.0 Å². The van der Waals surface area contributed by atoms with Gasteiger partial charge in [0, 0.05) is 118 Å². The average Bonchev–Trinajstić information content (AvgIpc) is 3.40. The minimum Gasteiger partial charge on any atom is -0.496 e. The van der Waals surface area contributed by atoms with E-state index in [4.69, 9.17) is 63.6 Å². The molecule has 2 atom stereocenters. The normalized spacial score (nSPS) is 15.7. The molecule has 4 aromatic rings. The van der Waals surface area contributed by atoms with Gasteiger partial charge in [-0.2, -0.15) is 0 Å². The summed E-state index contributed by atoms with van der Waals surface area (Å²) in [5, 5.41) is 0. The molecule has 8 heteroatoms. The first kappa shape index (κ1) is 56.4. The molecule has 4 aromatic carbocycles. The van der Waals surface area contributed by atoms with Crippen molar-refractivity contribution in [3.63, 3.8) is 0 Å². The van der Waals surface area contributed by atoms with Gasteiger partial charge in [-0.15, -0.1) is 49.4 Å². The Morgan fingerprint density at radius 1 is 0.319 bits per heavy atom. The first-order chi connectivity index (χ1) is 35.2. The Bertz CT molecular complexity index is 2360. The van der Waals surface area contributed by atoms with Crippen molar-refractivity contribution < 1.29 is 37.9 Å². The van der Waals surface area contributed by atoms with Gasteiger partial charge in [-0.25, -0.2) is 0 Å². The Labute approximate surface area is 433 Å². The van der Waals surface area contributed by atoms with Crippen molar-refractivity contribution in [1.29, 1.82) is 0 Å². The molecule has 72 heavy (non-hydrogen) atoms. The molecule has 8 bridgehead atoms. The van der Waals surface area contributed by atoms with Crippen LogP contribution in [0.15, 0.2) is 48.5 Å². The van der Waals surface area contributed by atoms with E-state index < -0.39 is 0 Å². The van der Waals surface area contributed by atoms with Crippen molar-refractivity contribution in [1.82, 2.24) is 0 Å². The fourth-order valence-electron chi connectivity index (χ4n) is 10.3. The van der Waals surface area contributed by atoms with E-state index in [-0.39, 0.29) is 23.7 Å². The molecule has 0 aromatic heterocycles. The topological polar surface area (TPSA) is 73.8 Å². The Morgan fingerprint density at radius 3 is 0.681 bits per heavy atom. The fourth-order valence-corrected chi connectivity index (χ4v) is 10.3. The second-order valence-corrected chi connectivity index (χ2v) is 18.5. The lowest BCUT2D eigenvalue weighted by atomic mass is 9.76. The molecule has 0 heterocycles. The highest BCUT2D eigenvalue weighted by molar-refractivity contribution is 5.63. The summed E-state index contributed by atoms with van der Waals surface area (Å²) >= 11 is 0. The van der Waals surface area contributed by atoms with Crippen molar-refractivity contribution in [2.24, 2.45) is 0 Å². The Morgan fingerprint density at radius 2 is 0.514 bits per heavy atom. The van der Waals surface area contributed by atoms with E-state index in [0.29, 0.717) is 77.8 Å². The van der Waals surface area contributed by atoms with Crippen LogP contribution in [0.1, 0.15) is 199 Å². The largest absolute Gasteiger partial charge is 0.496 e. The molecule has 0 unspecified atom stereocenters. The van der Waals surface area contributed by atoms with Gasteiger partial charge in [0.1, 0.15) is 46.0 Å². The minimum atomic E-state index is -0.183. The van der Waals surface area contributed by atoms with E-state index in [1.54, 1.807) is 28.4 Å². The molecule has 0 spiro atoms. The number of methoxy groups -OCH3 is 4. The van der Waals surface area contributed by atoms with Crippen LogP contribution in [0.25, 0.3) is 0 Å². The Kier molecular flexibility index (Phi) is 23.3. The van der Waals surface area contributed by atoms with Crippen LogP contribution in [0, 0.1) is 49.4 Å². The van der Waals surface area contributed by atoms with E-state index in [2.05, 4.69) is 99.9 Å². The molecule has 384 valence electrons. The quantitative estimate of drug-likeness (QED) is 0.0412. The number of hydrogen-bond donors (Lipinski definition) is 0. The van der Waals surface area contributed by atoms with Gasteiger partial charge in [0.05, 0.1) is 54.9 Å². The predicted molar refractivity (Wildman–Crippen MR) is 293 cm³/mol. The summed E-state index contributed by atoms with van der Waals surface area (Å²) in [6, 6.07) is 17.7.